The Bertz CT molecular complexity index is 388. The summed E-state index contributed by atoms with van der Waals surface area (Å²) >= 11 is 0. The second-order valence-corrected chi connectivity index (χ2v) is 6.32. The van der Waals surface area contributed by atoms with Crippen molar-refractivity contribution in [1.29, 1.82) is 0 Å². The van der Waals surface area contributed by atoms with Gasteiger partial charge in [0.15, 0.2) is 6.29 Å². The normalized spacial score (nSPS) is 18.7. The highest BCUT2D eigenvalue weighted by molar-refractivity contribution is 5.27. The zero-order chi connectivity index (χ0) is 13.9. The lowest BCUT2D eigenvalue weighted by Crippen LogP contribution is -2.28. The summed E-state index contributed by atoms with van der Waals surface area (Å²) in [6, 6.07) is 8.84. The fraction of sp³-hybridized carbons (Fsp3) is 0.625. The molecule has 2 N–H and O–H groups in total. The molecule has 0 bridgehead atoms. The molecule has 1 aromatic rings. The molecule has 106 valence electrons. The molecule has 3 nitrogen and oxygen atoms in total. The quantitative estimate of drug-likeness (QED) is 0.908. The lowest BCUT2D eigenvalue weighted by molar-refractivity contribution is -0.0504. The average Bonchev–Trinajstić information content (AvgIpc) is 2.81. The molecule has 19 heavy (non-hydrogen) atoms. The molecular formula is C16H25NO2. The van der Waals surface area contributed by atoms with E-state index in [2.05, 4.69) is 45.0 Å². The molecule has 1 aliphatic heterocycles. The zero-order valence-electron chi connectivity index (χ0n) is 12.2. The Hall–Kier alpha value is -0.900. The summed E-state index contributed by atoms with van der Waals surface area (Å²) in [6.07, 6.45) is 1.53. The smallest absolute Gasteiger partial charge is 0.159 e. The van der Waals surface area contributed by atoms with Crippen molar-refractivity contribution in [2.24, 2.45) is 5.73 Å². The molecule has 1 aliphatic rings. The van der Waals surface area contributed by atoms with Gasteiger partial charge < -0.3 is 15.2 Å². The van der Waals surface area contributed by atoms with Crippen LogP contribution in [0.4, 0.5) is 0 Å². The van der Waals surface area contributed by atoms with E-state index in [9.17, 15) is 0 Å². The standard InChI is InChI=1S/C16H25NO2/c1-16(2,3)13-6-4-12(5-7-13)10-14(17)11-15-18-8-9-19-15/h4-7,14-15H,8-11,17H2,1-3H3. The molecule has 1 unspecified atom stereocenters. The molecule has 3 heteroatoms. The van der Waals surface area contributed by atoms with Crippen LogP contribution in [-0.2, 0) is 21.3 Å². The first-order valence-corrected chi connectivity index (χ1v) is 7.03. The lowest BCUT2D eigenvalue weighted by Gasteiger charge is -2.20. The SMILES string of the molecule is CC(C)(C)c1ccc(CC(N)CC2OCCO2)cc1. The first-order valence-electron chi connectivity index (χ1n) is 7.03. The van der Waals surface area contributed by atoms with Crippen LogP contribution >= 0.6 is 0 Å². The van der Waals surface area contributed by atoms with Crippen LogP contribution in [0.3, 0.4) is 0 Å². The summed E-state index contributed by atoms with van der Waals surface area (Å²) in [5, 5.41) is 0. The van der Waals surface area contributed by atoms with Crippen molar-refractivity contribution in [3.05, 3.63) is 35.4 Å². The monoisotopic (exact) mass is 263 g/mol. The van der Waals surface area contributed by atoms with Crippen molar-refractivity contribution < 1.29 is 9.47 Å². The van der Waals surface area contributed by atoms with E-state index in [4.69, 9.17) is 15.2 Å². The van der Waals surface area contributed by atoms with Crippen LogP contribution in [0.5, 0.6) is 0 Å². The minimum absolute atomic E-state index is 0.0867. The van der Waals surface area contributed by atoms with Gasteiger partial charge in [0.1, 0.15) is 0 Å². The molecule has 1 saturated heterocycles. The van der Waals surface area contributed by atoms with Crippen LogP contribution in [0.25, 0.3) is 0 Å². The van der Waals surface area contributed by atoms with Crippen molar-refractivity contribution in [2.45, 2.75) is 51.4 Å². The maximum Gasteiger partial charge on any atom is 0.159 e. The van der Waals surface area contributed by atoms with Crippen LogP contribution in [0, 0.1) is 0 Å². The highest BCUT2D eigenvalue weighted by atomic mass is 16.7. The molecule has 1 aromatic carbocycles. The second kappa shape index (κ2) is 6.04. The molecule has 1 atom stereocenters. The Morgan fingerprint density at radius 1 is 1.16 bits per heavy atom. The van der Waals surface area contributed by atoms with Crippen LogP contribution in [0.15, 0.2) is 24.3 Å². The Morgan fingerprint density at radius 2 is 1.74 bits per heavy atom. The first-order chi connectivity index (χ1) is 8.95. The Kier molecular flexibility index (Phi) is 4.61. The van der Waals surface area contributed by atoms with Gasteiger partial charge in [-0.05, 0) is 23.0 Å². The third kappa shape index (κ3) is 4.30. The van der Waals surface area contributed by atoms with E-state index in [1.165, 1.54) is 11.1 Å². The molecule has 0 amide bonds. The van der Waals surface area contributed by atoms with Gasteiger partial charge in [0, 0.05) is 12.5 Å². The summed E-state index contributed by atoms with van der Waals surface area (Å²) in [5.74, 6) is 0. The van der Waals surface area contributed by atoms with E-state index in [0.29, 0.717) is 13.2 Å². The summed E-state index contributed by atoms with van der Waals surface area (Å²) in [7, 11) is 0. The lowest BCUT2D eigenvalue weighted by atomic mass is 9.86. The predicted molar refractivity (Wildman–Crippen MR) is 77.1 cm³/mol. The largest absolute Gasteiger partial charge is 0.350 e. The van der Waals surface area contributed by atoms with E-state index < -0.39 is 0 Å². The molecule has 0 aliphatic carbocycles. The fourth-order valence-corrected chi connectivity index (χ4v) is 2.32. The van der Waals surface area contributed by atoms with Crippen LogP contribution < -0.4 is 5.73 Å². The maximum atomic E-state index is 6.15. The van der Waals surface area contributed by atoms with Crippen molar-refractivity contribution in [2.75, 3.05) is 13.2 Å². The maximum absolute atomic E-state index is 6.15. The van der Waals surface area contributed by atoms with E-state index in [1.807, 2.05) is 0 Å². The van der Waals surface area contributed by atoms with Gasteiger partial charge in [0.25, 0.3) is 0 Å². The number of nitrogens with two attached hydrogens (primary N) is 1. The van der Waals surface area contributed by atoms with Crippen LogP contribution in [-0.4, -0.2) is 25.5 Å². The molecule has 2 rings (SSSR count). The molecule has 0 saturated carbocycles. The fourth-order valence-electron chi connectivity index (χ4n) is 2.32. The van der Waals surface area contributed by atoms with Gasteiger partial charge in [-0.1, -0.05) is 45.0 Å². The van der Waals surface area contributed by atoms with Gasteiger partial charge in [-0.15, -0.1) is 0 Å². The summed E-state index contributed by atoms with van der Waals surface area (Å²) in [6.45, 7) is 8.06. The van der Waals surface area contributed by atoms with Gasteiger partial charge in [-0.25, -0.2) is 0 Å². The minimum Gasteiger partial charge on any atom is -0.350 e. The number of hydrogen-bond acceptors (Lipinski definition) is 3. The van der Waals surface area contributed by atoms with Gasteiger partial charge in [-0.2, -0.15) is 0 Å². The molecular weight excluding hydrogens is 238 g/mol. The third-order valence-corrected chi connectivity index (χ3v) is 3.50. The van der Waals surface area contributed by atoms with Gasteiger partial charge in [-0.3, -0.25) is 0 Å². The predicted octanol–water partition coefficient (Wildman–Crippen LogP) is 2.62. The van der Waals surface area contributed by atoms with E-state index in [-0.39, 0.29) is 17.7 Å². The van der Waals surface area contributed by atoms with Gasteiger partial charge in [0.2, 0.25) is 0 Å². The van der Waals surface area contributed by atoms with Crippen molar-refractivity contribution in [3.8, 4) is 0 Å². The Labute approximate surface area is 116 Å². The average molecular weight is 263 g/mol. The summed E-state index contributed by atoms with van der Waals surface area (Å²) in [5.41, 5.74) is 8.98. The Balaban J connectivity index is 1.88. The van der Waals surface area contributed by atoms with Crippen LogP contribution in [0.1, 0.15) is 38.3 Å². The van der Waals surface area contributed by atoms with Crippen molar-refractivity contribution in [1.82, 2.24) is 0 Å². The number of benzene rings is 1. The number of hydrogen-bond donors (Lipinski definition) is 1. The van der Waals surface area contributed by atoms with E-state index >= 15 is 0 Å². The first kappa shape index (κ1) is 14.5. The highest BCUT2D eigenvalue weighted by Gasteiger charge is 2.19. The molecule has 0 spiro atoms. The molecule has 1 heterocycles. The summed E-state index contributed by atoms with van der Waals surface area (Å²) in [4.78, 5) is 0. The molecule has 0 aromatic heterocycles. The Morgan fingerprint density at radius 3 is 2.26 bits per heavy atom. The van der Waals surface area contributed by atoms with E-state index in [0.717, 1.165) is 12.8 Å². The van der Waals surface area contributed by atoms with Crippen molar-refractivity contribution in [3.63, 3.8) is 0 Å². The summed E-state index contributed by atoms with van der Waals surface area (Å²) < 4.78 is 10.8. The topological polar surface area (TPSA) is 44.5 Å². The molecule has 1 fully saturated rings. The number of rotatable bonds is 4. The second-order valence-electron chi connectivity index (χ2n) is 6.32. The highest BCUT2D eigenvalue weighted by Crippen LogP contribution is 2.22. The van der Waals surface area contributed by atoms with Crippen LogP contribution in [0.2, 0.25) is 0 Å². The zero-order valence-corrected chi connectivity index (χ0v) is 12.2. The van der Waals surface area contributed by atoms with E-state index in [1.54, 1.807) is 0 Å². The third-order valence-electron chi connectivity index (χ3n) is 3.50. The van der Waals surface area contributed by atoms with Gasteiger partial charge in [0.05, 0.1) is 13.2 Å². The molecule has 0 radical (unpaired) electrons. The number of ether oxygens (including phenoxy) is 2. The minimum atomic E-state index is -0.108. The van der Waals surface area contributed by atoms with Crippen molar-refractivity contribution >= 4 is 0 Å². The van der Waals surface area contributed by atoms with Gasteiger partial charge >= 0.3 is 0 Å².